The second-order valence-corrected chi connectivity index (χ2v) is 5.63. The van der Waals surface area contributed by atoms with Crippen molar-refractivity contribution in [3.8, 4) is 0 Å². The first-order valence-electron chi connectivity index (χ1n) is 6.54. The fourth-order valence-corrected chi connectivity index (χ4v) is 2.27. The van der Waals surface area contributed by atoms with E-state index in [0.29, 0.717) is 5.11 Å². The van der Waals surface area contributed by atoms with Gasteiger partial charge in [0.1, 0.15) is 0 Å². The topological polar surface area (TPSA) is 21.8 Å². The van der Waals surface area contributed by atoms with E-state index in [2.05, 4.69) is 22.0 Å². The molecule has 0 aliphatic carbocycles. The van der Waals surface area contributed by atoms with Crippen LogP contribution in [0.2, 0.25) is 0 Å². The highest BCUT2D eigenvalue weighted by Gasteiger charge is 2.21. The van der Waals surface area contributed by atoms with Crippen LogP contribution in [0.5, 0.6) is 0 Å². The highest BCUT2D eigenvalue weighted by Crippen LogP contribution is 2.07. The summed E-state index contributed by atoms with van der Waals surface area (Å²) in [5, 5.41) is 4.51. The Kier molecular flexibility index (Phi) is 6.81. The molecule has 1 rings (SSSR count). The highest BCUT2D eigenvalue weighted by molar-refractivity contribution is 7.81. The summed E-state index contributed by atoms with van der Waals surface area (Å²) in [5.41, 5.74) is 0. The molecule has 0 aromatic rings. The smallest absolute Gasteiger partial charge is 0.176 e. The Bertz CT molecular complexity index is 294. The maximum atomic E-state index is 5.37. The Balaban J connectivity index is 2.28. The number of nitrogens with zero attached hydrogens (tertiary/aromatic N) is 3. The van der Waals surface area contributed by atoms with E-state index in [1.807, 2.05) is 19.0 Å². The predicted molar refractivity (Wildman–Crippen MR) is 84.7 cm³/mol. The minimum absolute atomic E-state index is 0.671. The first kappa shape index (κ1) is 15.6. The molecule has 0 unspecified atom stereocenters. The molecule has 0 aromatic heterocycles. The van der Waals surface area contributed by atoms with Gasteiger partial charge in [0.2, 0.25) is 0 Å². The Labute approximate surface area is 121 Å². The van der Waals surface area contributed by atoms with Crippen LogP contribution in [0.3, 0.4) is 0 Å². The zero-order valence-electron chi connectivity index (χ0n) is 11.6. The molecular weight excluding hydrogens is 264 g/mol. The second kappa shape index (κ2) is 7.86. The maximum Gasteiger partial charge on any atom is 0.176 e. The Morgan fingerprint density at radius 3 is 2.56 bits per heavy atom. The lowest BCUT2D eigenvalue weighted by Gasteiger charge is -2.23. The van der Waals surface area contributed by atoms with E-state index in [-0.39, 0.29) is 0 Å². The van der Waals surface area contributed by atoms with E-state index in [1.165, 1.54) is 25.8 Å². The summed E-state index contributed by atoms with van der Waals surface area (Å²) >= 11 is 10.6. The average molecular weight is 288 g/mol. The van der Waals surface area contributed by atoms with E-state index in [9.17, 15) is 0 Å². The predicted octanol–water partition coefficient (Wildman–Crippen LogP) is 1.47. The van der Waals surface area contributed by atoms with E-state index in [1.54, 1.807) is 0 Å². The molecule has 1 saturated heterocycles. The molecule has 1 aliphatic rings. The van der Waals surface area contributed by atoms with Gasteiger partial charge in [-0.2, -0.15) is 0 Å². The van der Waals surface area contributed by atoms with Crippen molar-refractivity contribution in [3.63, 3.8) is 0 Å². The third-order valence-electron chi connectivity index (χ3n) is 3.04. The third kappa shape index (κ3) is 5.04. The van der Waals surface area contributed by atoms with Gasteiger partial charge in [-0.15, -0.1) is 0 Å². The number of hydrogen-bond donors (Lipinski definition) is 1. The van der Waals surface area contributed by atoms with E-state index in [4.69, 9.17) is 24.4 Å². The molecule has 0 radical (unpaired) electrons. The summed E-state index contributed by atoms with van der Waals surface area (Å²) < 4.78 is 0. The van der Waals surface area contributed by atoms with Gasteiger partial charge in [-0.3, -0.25) is 4.90 Å². The van der Waals surface area contributed by atoms with Crippen LogP contribution in [0.25, 0.3) is 0 Å². The number of rotatable bonds is 4. The molecule has 18 heavy (non-hydrogen) atoms. The van der Waals surface area contributed by atoms with Crippen molar-refractivity contribution in [1.82, 2.24) is 20.0 Å². The van der Waals surface area contributed by atoms with Gasteiger partial charge in [0.15, 0.2) is 10.2 Å². The summed E-state index contributed by atoms with van der Waals surface area (Å²) in [6, 6.07) is 0. The standard InChI is InChI=1S/C12H24N4S2/c1-4-5-6-7-15-8-9-16(10-15)12(18)13-11(17)14(2)3/h4-10H2,1-3H3,(H,13,17,18). The van der Waals surface area contributed by atoms with Crippen molar-refractivity contribution in [2.45, 2.75) is 26.2 Å². The van der Waals surface area contributed by atoms with Crippen LogP contribution >= 0.6 is 24.4 Å². The summed E-state index contributed by atoms with van der Waals surface area (Å²) in [5.74, 6) is 0. The molecule has 0 aromatic carbocycles. The monoisotopic (exact) mass is 288 g/mol. The molecule has 104 valence electrons. The molecular formula is C12H24N4S2. The van der Waals surface area contributed by atoms with Crippen LogP contribution in [0.4, 0.5) is 0 Å². The molecule has 0 bridgehead atoms. The van der Waals surface area contributed by atoms with Crippen LogP contribution in [-0.2, 0) is 0 Å². The summed E-state index contributed by atoms with van der Waals surface area (Å²) in [6.45, 7) is 6.42. The van der Waals surface area contributed by atoms with Crippen molar-refractivity contribution in [2.24, 2.45) is 0 Å². The van der Waals surface area contributed by atoms with Gasteiger partial charge < -0.3 is 15.1 Å². The summed E-state index contributed by atoms with van der Waals surface area (Å²) in [6.07, 6.45) is 3.86. The first-order valence-corrected chi connectivity index (χ1v) is 7.35. The maximum absolute atomic E-state index is 5.37. The van der Waals surface area contributed by atoms with Crippen molar-refractivity contribution < 1.29 is 0 Å². The van der Waals surface area contributed by atoms with Crippen LogP contribution in [-0.4, -0.2) is 65.3 Å². The Hall–Kier alpha value is -0.460. The number of thiocarbonyl (C=S) groups is 2. The fraction of sp³-hybridized carbons (Fsp3) is 0.833. The van der Waals surface area contributed by atoms with Gasteiger partial charge in [-0.25, -0.2) is 0 Å². The molecule has 4 nitrogen and oxygen atoms in total. The van der Waals surface area contributed by atoms with Crippen LogP contribution in [0, 0.1) is 0 Å². The van der Waals surface area contributed by atoms with Crippen molar-refractivity contribution in [1.29, 1.82) is 0 Å². The van der Waals surface area contributed by atoms with Crippen molar-refractivity contribution in [3.05, 3.63) is 0 Å². The number of nitrogens with one attached hydrogen (secondary N) is 1. The summed E-state index contributed by atoms with van der Waals surface area (Å²) in [4.78, 5) is 6.48. The minimum atomic E-state index is 0.671. The molecule has 0 amide bonds. The Morgan fingerprint density at radius 2 is 1.94 bits per heavy atom. The van der Waals surface area contributed by atoms with Gasteiger partial charge in [0.05, 0.1) is 6.67 Å². The van der Waals surface area contributed by atoms with E-state index >= 15 is 0 Å². The van der Waals surface area contributed by atoms with Crippen LogP contribution in [0.1, 0.15) is 26.2 Å². The molecule has 0 spiro atoms. The molecule has 1 fully saturated rings. The molecule has 1 N–H and O–H groups in total. The van der Waals surface area contributed by atoms with Gasteiger partial charge >= 0.3 is 0 Å². The van der Waals surface area contributed by atoms with Crippen molar-refractivity contribution >= 4 is 34.7 Å². The average Bonchev–Trinajstić information content (AvgIpc) is 2.78. The molecule has 6 heteroatoms. The zero-order chi connectivity index (χ0) is 13.5. The second-order valence-electron chi connectivity index (χ2n) is 4.86. The van der Waals surface area contributed by atoms with Gasteiger partial charge in [-0.1, -0.05) is 19.8 Å². The minimum Gasteiger partial charge on any atom is -0.355 e. The van der Waals surface area contributed by atoms with Crippen LogP contribution < -0.4 is 5.32 Å². The SMILES string of the molecule is CCCCCN1CCN(C(=S)NC(=S)N(C)C)C1. The van der Waals surface area contributed by atoms with Crippen molar-refractivity contribution in [2.75, 3.05) is 40.4 Å². The molecule has 0 atom stereocenters. The Morgan fingerprint density at radius 1 is 1.22 bits per heavy atom. The normalized spacial score (nSPS) is 15.8. The number of unbranched alkanes of at least 4 members (excludes halogenated alkanes) is 2. The first-order chi connectivity index (χ1) is 8.54. The lowest BCUT2D eigenvalue weighted by Crippen LogP contribution is -2.45. The fourth-order valence-electron chi connectivity index (χ4n) is 1.86. The third-order valence-corrected chi connectivity index (χ3v) is 3.87. The molecule has 1 aliphatic heterocycles. The molecule has 1 heterocycles. The van der Waals surface area contributed by atoms with Gasteiger partial charge in [0, 0.05) is 27.2 Å². The largest absolute Gasteiger partial charge is 0.355 e. The quantitative estimate of drug-likeness (QED) is 0.620. The lowest BCUT2D eigenvalue weighted by molar-refractivity contribution is 0.294. The van der Waals surface area contributed by atoms with Gasteiger partial charge in [-0.05, 0) is 37.4 Å². The van der Waals surface area contributed by atoms with Crippen LogP contribution in [0.15, 0.2) is 0 Å². The molecule has 0 saturated carbocycles. The van der Waals surface area contributed by atoms with Gasteiger partial charge in [0.25, 0.3) is 0 Å². The number of hydrogen-bond acceptors (Lipinski definition) is 3. The highest BCUT2D eigenvalue weighted by atomic mass is 32.1. The lowest BCUT2D eigenvalue weighted by atomic mass is 10.2. The zero-order valence-corrected chi connectivity index (χ0v) is 13.2. The van der Waals surface area contributed by atoms with E-state index in [0.717, 1.165) is 24.9 Å². The van der Waals surface area contributed by atoms with E-state index < -0.39 is 0 Å². The summed E-state index contributed by atoms with van der Waals surface area (Å²) in [7, 11) is 3.83.